The fourth-order valence-corrected chi connectivity index (χ4v) is 3.48. The molecule has 2 amide bonds. The molecule has 33 heavy (non-hydrogen) atoms. The van der Waals surface area contributed by atoms with E-state index in [-0.39, 0.29) is 23.1 Å². The van der Waals surface area contributed by atoms with Crippen molar-refractivity contribution in [1.29, 1.82) is 0 Å². The lowest BCUT2D eigenvalue weighted by Gasteiger charge is -2.26. The van der Waals surface area contributed by atoms with Crippen LogP contribution in [-0.2, 0) is 17.8 Å². The average molecular weight is 460 g/mol. The molecule has 0 atom stereocenters. The number of pyridine rings is 1. The molecule has 0 fully saturated rings. The molecule has 0 spiro atoms. The number of hydrogen-bond donors (Lipinski definition) is 2. The van der Waals surface area contributed by atoms with Crippen molar-refractivity contribution in [3.63, 3.8) is 0 Å². The Morgan fingerprint density at radius 2 is 1.79 bits per heavy atom. The van der Waals surface area contributed by atoms with Gasteiger partial charge in [-0.1, -0.05) is 40.2 Å². The maximum Gasteiger partial charge on any atom is 0.407 e. The van der Waals surface area contributed by atoms with Crippen LogP contribution in [-0.4, -0.2) is 28.8 Å². The Labute approximate surface area is 195 Å². The molecule has 8 nitrogen and oxygen atoms in total. The number of amides is 2. The number of alkyl carbamates (subject to hydrolysis) is 1. The molecule has 0 bridgehead atoms. The number of fused-ring (bicyclic) bond motifs is 1. The quantitative estimate of drug-likeness (QED) is 0.570. The number of nitrogens with two attached hydrogens (primary N) is 1. The van der Waals surface area contributed by atoms with Gasteiger partial charge >= 0.3 is 6.09 Å². The number of benzene rings is 1. The summed E-state index contributed by atoms with van der Waals surface area (Å²) in [6, 6.07) is 4.89. The van der Waals surface area contributed by atoms with E-state index < -0.39 is 17.6 Å². The highest BCUT2D eigenvalue weighted by atomic mass is 16.6. The second-order valence-corrected chi connectivity index (χ2v) is 10.4. The maximum absolute atomic E-state index is 13.6. The van der Waals surface area contributed by atoms with Crippen LogP contribution in [0.25, 0.3) is 10.8 Å². The van der Waals surface area contributed by atoms with Crippen LogP contribution in [0.1, 0.15) is 77.4 Å². The van der Waals surface area contributed by atoms with Gasteiger partial charge in [0, 0.05) is 11.9 Å². The molecule has 0 saturated carbocycles. The third kappa shape index (κ3) is 6.97. The highest BCUT2D eigenvalue weighted by Gasteiger charge is 2.25. The second-order valence-electron chi connectivity index (χ2n) is 10.4. The van der Waals surface area contributed by atoms with Crippen molar-refractivity contribution < 1.29 is 19.1 Å². The lowest BCUT2D eigenvalue weighted by molar-refractivity contribution is 0.0521. The van der Waals surface area contributed by atoms with Crippen LogP contribution < -0.4 is 21.3 Å². The zero-order chi connectivity index (χ0) is 25.0. The highest BCUT2D eigenvalue weighted by Crippen LogP contribution is 2.32. The van der Waals surface area contributed by atoms with E-state index in [2.05, 4.69) is 5.32 Å². The van der Waals surface area contributed by atoms with Gasteiger partial charge in [-0.3, -0.25) is 9.59 Å². The van der Waals surface area contributed by atoms with Crippen LogP contribution in [0.3, 0.4) is 0 Å². The zero-order valence-electron chi connectivity index (χ0n) is 20.8. The molecule has 2 aromatic rings. The van der Waals surface area contributed by atoms with Crippen molar-refractivity contribution in [2.45, 2.75) is 80.0 Å². The van der Waals surface area contributed by atoms with Crippen molar-refractivity contribution in [2.24, 2.45) is 11.1 Å². The molecule has 182 valence electrons. The fourth-order valence-electron chi connectivity index (χ4n) is 3.48. The summed E-state index contributed by atoms with van der Waals surface area (Å²) in [6.07, 6.45) is 1.09. The standard InChI is InChI=1S/C25H37N3O5/c1-8-9-13-32-20-18(14-27-23(31)33-25(5,6)7)28(15-24(2,3)4)22(30)17-12-10-11-16(19(17)20)21(26)29/h10-12H,8-9,13-15H2,1-7H3,(H2,26,29)(H,27,31). The van der Waals surface area contributed by atoms with Gasteiger partial charge in [0.1, 0.15) is 11.4 Å². The van der Waals surface area contributed by atoms with E-state index in [4.69, 9.17) is 15.2 Å². The number of rotatable bonds is 8. The number of ether oxygens (including phenoxy) is 2. The Morgan fingerprint density at radius 3 is 2.33 bits per heavy atom. The zero-order valence-corrected chi connectivity index (χ0v) is 20.8. The number of hydrogen-bond acceptors (Lipinski definition) is 5. The number of nitrogens with one attached hydrogen (secondary N) is 1. The van der Waals surface area contributed by atoms with E-state index in [0.717, 1.165) is 12.8 Å². The number of carbonyl (C=O) groups is 2. The van der Waals surface area contributed by atoms with Gasteiger partial charge in [-0.05, 0) is 44.7 Å². The van der Waals surface area contributed by atoms with Crippen molar-refractivity contribution in [3.05, 3.63) is 39.8 Å². The Hall–Kier alpha value is -3.03. The minimum Gasteiger partial charge on any atom is -0.491 e. The first-order valence-corrected chi connectivity index (χ1v) is 11.3. The van der Waals surface area contributed by atoms with E-state index in [1.165, 1.54) is 0 Å². The lowest BCUT2D eigenvalue weighted by Crippen LogP contribution is -2.36. The molecular weight excluding hydrogens is 422 g/mol. The number of carbonyl (C=O) groups excluding carboxylic acids is 2. The Morgan fingerprint density at radius 1 is 1.12 bits per heavy atom. The first kappa shape index (κ1) is 26.2. The summed E-state index contributed by atoms with van der Waals surface area (Å²) < 4.78 is 13.1. The van der Waals surface area contributed by atoms with E-state index >= 15 is 0 Å². The molecule has 2 rings (SSSR count). The molecule has 0 aliphatic rings. The largest absolute Gasteiger partial charge is 0.491 e. The predicted octanol–water partition coefficient (Wildman–Crippen LogP) is 4.35. The molecule has 3 N–H and O–H groups in total. The minimum absolute atomic E-state index is 0.00920. The van der Waals surface area contributed by atoms with Gasteiger partial charge in [0.2, 0.25) is 5.91 Å². The van der Waals surface area contributed by atoms with Gasteiger partial charge in [-0.15, -0.1) is 0 Å². The van der Waals surface area contributed by atoms with Gasteiger partial charge in [-0.25, -0.2) is 4.79 Å². The first-order chi connectivity index (χ1) is 15.2. The second kappa shape index (κ2) is 10.3. The topological polar surface area (TPSA) is 113 Å². The summed E-state index contributed by atoms with van der Waals surface area (Å²) in [5, 5.41) is 3.46. The van der Waals surface area contributed by atoms with Gasteiger partial charge in [-0.2, -0.15) is 0 Å². The molecular formula is C25H37N3O5. The van der Waals surface area contributed by atoms with Gasteiger partial charge < -0.3 is 25.1 Å². The molecule has 0 aliphatic heterocycles. The Bertz CT molecular complexity index is 1070. The Kier molecular flexibility index (Phi) is 8.16. The van der Waals surface area contributed by atoms with E-state index in [1.54, 1.807) is 43.5 Å². The summed E-state index contributed by atoms with van der Waals surface area (Å²) in [4.78, 5) is 38.2. The number of unbranched alkanes of at least 4 members (excludes halogenated alkanes) is 1. The number of aromatic nitrogens is 1. The van der Waals surface area contributed by atoms with Crippen molar-refractivity contribution in [1.82, 2.24) is 9.88 Å². The maximum atomic E-state index is 13.6. The minimum atomic E-state index is -0.669. The molecule has 0 unspecified atom stereocenters. The van der Waals surface area contributed by atoms with Gasteiger partial charge in [0.05, 0.1) is 29.8 Å². The summed E-state index contributed by atoms with van der Waals surface area (Å²) in [7, 11) is 0. The van der Waals surface area contributed by atoms with Crippen LogP contribution >= 0.6 is 0 Å². The predicted molar refractivity (Wildman–Crippen MR) is 130 cm³/mol. The van der Waals surface area contributed by atoms with Gasteiger partial charge in [0.25, 0.3) is 5.56 Å². The van der Waals surface area contributed by atoms with Crippen molar-refractivity contribution in [3.8, 4) is 5.75 Å². The summed E-state index contributed by atoms with van der Waals surface area (Å²) in [5.41, 5.74) is 5.14. The van der Waals surface area contributed by atoms with Crippen LogP contribution in [0, 0.1) is 5.41 Å². The molecule has 0 radical (unpaired) electrons. The molecule has 8 heteroatoms. The van der Waals surface area contributed by atoms with Crippen LogP contribution in [0.2, 0.25) is 0 Å². The van der Waals surface area contributed by atoms with E-state index in [0.29, 0.717) is 35.4 Å². The van der Waals surface area contributed by atoms with E-state index in [9.17, 15) is 14.4 Å². The third-order valence-corrected chi connectivity index (χ3v) is 4.80. The van der Waals surface area contributed by atoms with E-state index in [1.807, 2.05) is 27.7 Å². The van der Waals surface area contributed by atoms with Gasteiger partial charge in [0.15, 0.2) is 0 Å². The molecule has 0 aliphatic carbocycles. The number of primary amides is 1. The molecule has 1 aromatic heterocycles. The van der Waals surface area contributed by atoms with Crippen LogP contribution in [0.4, 0.5) is 4.79 Å². The Balaban J connectivity index is 2.77. The summed E-state index contributed by atoms with van der Waals surface area (Å²) in [6.45, 7) is 14.2. The van der Waals surface area contributed by atoms with Crippen molar-refractivity contribution in [2.75, 3.05) is 6.61 Å². The third-order valence-electron chi connectivity index (χ3n) is 4.80. The first-order valence-electron chi connectivity index (χ1n) is 11.3. The monoisotopic (exact) mass is 459 g/mol. The normalized spacial score (nSPS) is 12.0. The highest BCUT2D eigenvalue weighted by molar-refractivity contribution is 6.08. The van der Waals surface area contributed by atoms with Crippen molar-refractivity contribution >= 4 is 22.8 Å². The molecule has 0 saturated heterocycles. The fraction of sp³-hybridized carbons (Fsp3) is 0.560. The van der Waals surface area contributed by atoms with Crippen LogP contribution in [0.15, 0.2) is 23.0 Å². The van der Waals surface area contributed by atoms with Crippen LogP contribution in [0.5, 0.6) is 5.75 Å². The molecule has 1 aromatic carbocycles. The smallest absolute Gasteiger partial charge is 0.407 e. The average Bonchev–Trinajstić information content (AvgIpc) is 2.67. The number of nitrogens with zero attached hydrogens (tertiary/aromatic N) is 1. The molecule has 1 heterocycles. The SMILES string of the molecule is CCCCOc1c(CNC(=O)OC(C)(C)C)n(CC(C)(C)C)c(=O)c2cccc(C(N)=O)c12. The summed E-state index contributed by atoms with van der Waals surface area (Å²) >= 11 is 0. The summed E-state index contributed by atoms with van der Waals surface area (Å²) in [5.74, 6) is -0.271. The lowest BCUT2D eigenvalue weighted by atomic mass is 9.95.